The predicted octanol–water partition coefficient (Wildman–Crippen LogP) is 3.34. The van der Waals surface area contributed by atoms with Crippen LogP contribution < -0.4 is 5.32 Å². The van der Waals surface area contributed by atoms with E-state index in [0.717, 1.165) is 6.07 Å². The van der Waals surface area contributed by atoms with Gasteiger partial charge < -0.3 is 5.32 Å². The molecule has 0 radical (unpaired) electrons. The van der Waals surface area contributed by atoms with E-state index in [-0.39, 0.29) is 18.2 Å². The summed E-state index contributed by atoms with van der Waals surface area (Å²) in [4.78, 5) is 0. The van der Waals surface area contributed by atoms with Crippen molar-refractivity contribution in [1.29, 1.82) is 0 Å². The van der Waals surface area contributed by atoms with Crippen LogP contribution in [0.1, 0.15) is 25.0 Å². The van der Waals surface area contributed by atoms with Crippen LogP contribution in [0, 0.1) is 5.82 Å². The SMILES string of the molecule is CC(C)NCc1cccc(C(F)(F)F)c1F. The van der Waals surface area contributed by atoms with Gasteiger partial charge in [0.1, 0.15) is 5.82 Å². The minimum atomic E-state index is -4.64. The zero-order valence-electron chi connectivity index (χ0n) is 9.03. The molecule has 16 heavy (non-hydrogen) atoms. The van der Waals surface area contributed by atoms with E-state index in [1.165, 1.54) is 12.1 Å². The second-order valence-corrected chi connectivity index (χ2v) is 3.81. The molecule has 0 saturated heterocycles. The van der Waals surface area contributed by atoms with Crippen molar-refractivity contribution in [2.45, 2.75) is 32.6 Å². The van der Waals surface area contributed by atoms with E-state index in [9.17, 15) is 17.6 Å². The first kappa shape index (κ1) is 13.0. The van der Waals surface area contributed by atoms with Gasteiger partial charge in [0.2, 0.25) is 0 Å². The molecule has 90 valence electrons. The Morgan fingerprint density at radius 2 is 1.88 bits per heavy atom. The van der Waals surface area contributed by atoms with Crippen LogP contribution in [0.15, 0.2) is 18.2 Å². The maximum atomic E-state index is 13.5. The molecule has 1 aromatic rings. The average Bonchev–Trinajstić information content (AvgIpc) is 2.14. The highest BCUT2D eigenvalue weighted by Crippen LogP contribution is 2.32. The van der Waals surface area contributed by atoms with E-state index in [1.54, 1.807) is 0 Å². The molecule has 0 heterocycles. The van der Waals surface area contributed by atoms with Crippen LogP contribution in [0.2, 0.25) is 0 Å². The Kier molecular flexibility index (Phi) is 3.91. The summed E-state index contributed by atoms with van der Waals surface area (Å²) in [5.74, 6) is -1.19. The molecule has 0 spiro atoms. The molecule has 0 atom stereocenters. The van der Waals surface area contributed by atoms with Crippen molar-refractivity contribution in [2.24, 2.45) is 0 Å². The van der Waals surface area contributed by atoms with Gasteiger partial charge in [-0.2, -0.15) is 13.2 Å². The largest absolute Gasteiger partial charge is 0.419 e. The highest BCUT2D eigenvalue weighted by Gasteiger charge is 2.34. The molecule has 0 aliphatic rings. The molecule has 0 aromatic heterocycles. The first-order chi connectivity index (χ1) is 7.32. The lowest BCUT2D eigenvalue weighted by Gasteiger charge is -2.13. The minimum absolute atomic E-state index is 0.0310. The second-order valence-electron chi connectivity index (χ2n) is 3.81. The molecule has 1 N–H and O–H groups in total. The van der Waals surface area contributed by atoms with E-state index in [1.807, 2.05) is 13.8 Å². The monoisotopic (exact) mass is 235 g/mol. The maximum Gasteiger partial charge on any atom is 0.419 e. The van der Waals surface area contributed by atoms with Crippen LogP contribution in [0.5, 0.6) is 0 Å². The van der Waals surface area contributed by atoms with E-state index < -0.39 is 17.6 Å². The summed E-state index contributed by atoms with van der Waals surface area (Å²) >= 11 is 0. The van der Waals surface area contributed by atoms with Crippen LogP contribution in [-0.2, 0) is 12.7 Å². The Morgan fingerprint density at radius 3 is 2.38 bits per heavy atom. The molecule has 0 bridgehead atoms. The highest BCUT2D eigenvalue weighted by molar-refractivity contribution is 5.28. The highest BCUT2D eigenvalue weighted by atomic mass is 19.4. The zero-order chi connectivity index (χ0) is 12.3. The van der Waals surface area contributed by atoms with Gasteiger partial charge in [-0.05, 0) is 6.07 Å². The van der Waals surface area contributed by atoms with Crippen LogP contribution in [0.25, 0.3) is 0 Å². The summed E-state index contributed by atoms with van der Waals surface area (Å²) in [5, 5.41) is 2.87. The van der Waals surface area contributed by atoms with Gasteiger partial charge in [0, 0.05) is 18.2 Å². The Labute approximate surface area is 91.5 Å². The number of alkyl halides is 3. The van der Waals surface area contributed by atoms with Crippen molar-refractivity contribution in [1.82, 2.24) is 5.32 Å². The topological polar surface area (TPSA) is 12.0 Å². The first-order valence-corrected chi connectivity index (χ1v) is 4.90. The van der Waals surface area contributed by atoms with E-state index in [4.69, 9.17) is 0 Å². The maximum absolute atomic E-state index is 13.5. The van der Waals surface area contributed by atoms with Crippen molar-refractivity contribution >= 4 is 0 Å². The van der Waals surface area contributed by atoms with Gasteiger partial charge in [-0.1, -0.05) is 26.0 Å². The van der Waals surface area contributed by atoms with Gasteiger partial charge in [-0.3, -0.25) is 0 Å². The smallest absolute Gasteiger partial charge is 0.310 e. The molecule has 1 rings (SSSR count). The standard InChI is InChI=1S/C11H13F4N/c1-7(2)16-6-8-4-3-5-9(10(8)12)11(13,14)15/h3-5,7,16H,6H2,1-2H3. The number of rotatable bonds is 3. The van der Waals surface area contributed by atoms with Crippen molar-refractivity contribution in [3.8, 4) is 0 Å². The third-order valence-electron chi connectivity index (χ3n) is 2.08. The number of halogens is 4. The number of hydrogen-bond acceptors (Lipinski definition) is 1. The van der Waals surface area contributed by atoms with Gasteiger partial charge in [-0.25, -0.2) is 4.39 Å². The molecule has 0 unspecified atom stereocenters. The number of nitrogens with one attached hydrogen (secondary N) is 1. The third-order valence-corrected chi connectivity index (χ3v) is 2.08. The quantitative estimate of drug-likeness (QED) is 0.792. The molecule has 1 aromatic carbocycles. The Morgan fingerprint density at radius 1 is 1.25 bits per heavy atom. The average molecular weight is 235 g/mol. The van der Waals surface area contributed by atoms with Gasteiger partial charge >= 0.3 is 6.18 Å². The molecule has 0 amide bonds. The van der Waals surface area contributed by atoms with Crippen LogP contribution >= 0.6 is 0 Å². The fourth-order valence-corrected chi connectivity index (χ4v) is 1.25. The molecule has 1 nitrogen and oxygen atoms in total. The van der Waals surface area contributed by atoms with Gasteiger partial charge in [0.15, 0.2) is 0 Å². The second kappa shape index (κ2) is 4.82. The lowest BCUT2D eigenvalue weighted by molar-refractivity contribution is -0.140. The lowest BCUT2D eigenvalue weighted by atomic mass is 10.1. The van der Waals surface area contributed by atoms with Crippen LogP contribution in [-0.4, -0.2) is 6.04 Å². The van der Waals surface area contributed by atoms with Crippen molar-refractivity contribution in [3.05, 3.63) is 35.1 Å². The lowest BCUT2D eigenvalue weighted by Crippen LogP contribution is -2.23. The first-order valence-electron chi connectivity index (χ1n) is 4.90. The summed E-state index contributed by atoms with van der Waals surface area (Å²) < 4.78 is 50.6. The van der Waals surface area contributed by atoms with Gasteiger partial charge in [0.05, 0.1) is 5.56 Å². The van der Waals surface area contributed by atoms with Crippen molar-refractivity contribution < 1.29 is 17.6 Å². The van der Waals surface area contributed by atoms with Crippen molar-refractivity contribution in [3.63, 3.8) is 0 Å². The summed E-state index contributed by atoms with van der Waals surface area (Å²) in [6, 6.07) is 3.39. The summed E-state index contributed by atoms with van der Waals surface area (Å²) in [6.45, 7) is 3.77. The van der Waals surface area contributed by atoms with Crippen LogP contribution in [0.3, 0.4) is 0 Å². The normalized spacial score (nSPS) is 12.2. The summed E-state index contributed by atoms with van der Waals surface area (Å²) in [7, 11) is 0. The Hall–Kier alpha value is -1.10. The molecule has 0 saturated carbocycles. The van der Waals surface area contributed by atoms with E-state index in [0.29, 0.717) is 0 Å². The number of hydrogen-bond donors (Lipinski definition) is 1. The summed E-state index contributed by atoms with van der Waals surface area (Å²) in [5.41, 5.74) is -1.18. The molecule has 0 aliphatic heterocycles. The van der Waals surface area contributed by atoms with Gasteiger partial charge in [0.25, 0.3) is 0 Å². The molecular formula is C11H13F4N. The molecule has 0 aliphatic carbocycles. The van der Waals surface area contributed by atoms with Crippen molar-refractivity contribution in [2.75, 3.05) is 0 Å². The minimum Gasteiger partial charge on any atom is -0.310 e. The fraction of sp³-hybridized carbons (Fsp3) is 0.455. The molecule has 5 heteroatoms. The fourth-order valence-electron chi connectivity index (χ4n) is 1.25. The Balaban J connectivity index is 2.96. The Bertz CT molecular complexity index is 357. The van der Waals surface area contributed by atoms with E-state index >= 15 is 0 Å². The van der Waals surface area contributed by atoms with Gasteiger partial charge in [-0.15, -0.1) is 0 Å². The molecular weight excluding hydrogens is 222 g/mol. The molecule has 0 fully saturated rings. The summed E-state index contributed by atoms with van der Waals surface area (Å²) in [6.07, 6.45) is -4.64. The third kappa shape index (κ3) is 3.20. The van der Waals surface area contributed by atoms with Crippen LogP contribution in [0.4, 0.5) is 17.6 Å². The van der Waals surface area contributed by atoms with E-state index in [2.05, 4.69) is 5.32 Å². The predicted molar refractivity (Wildman–Crippen MR) is 53.4 cm³/mol. The zero-order valence-corrected chi connectivity index (χ0v) is 9.03. The number of benzene rings is 1.